The van der Waals surface area contributed by atoms with Gasteiger partial charge in [-0.3, -0.25) is 5.32 Å². The Hall–Kier alpha value is -1.38. The molecule has 0 aromatic heterocycles. The molecule has 1 saturated heterocycles. The van der Waals surface area contributed by atoms with Crippen molar-refractivity contribution in [1.29, 1.82) is 0 Å². The molecule has 1 heterocycles. The Labute approximate surface area is 106 Å². The van der Waals surface area contributed by atoms with E-state index in [0.29, 0.717) is 18.8 Å². The first-order valence-electron chi connectivity index (χ1n) is 5.58. The molecule has 1 N–H and O–H groups in total. The molecule has 1 aliphatic heterocycles. The Morgan fingerprint density at radius 3 is 2.37 bits per heavy atom. The smallest absolute Gasteiger partial charge is 0.461 e. The van der Waals surface area contributed by atoms with Gasteiger partial charge in [-0.2, -0.15) is 17.6 Å². The largest absolute Gasteiger partial charge is 0.626 e. The van der Waals surface area contributed by atoms with Crippen LogP contribution in [0.3, 0.4) is 0 Å². The van der Waals surface area contributed by atoms with Crippen molar-refractivity contribution in [3.63, 3.8) is 0 Å². The summed E-state index contributed by atoms with van der Waals surface area (Å²) in [6, 6.07) is 4.78. The lowest BCUT2D eigenvalue weighted by Crippen LogP contribution is -2.41. The number of rotatable bonds is 4. The van der Waals surface area contributed by atoms with E-state index < -0.39 is 22.9 Å². The standard InChI is InChI=1S/C11H12F4N2O2/c12-10(13)11(14,15)19-9-3-1-8(2-4-9)17(18)6-5-16-7-17/h1-4,10,16H,5-7H2. The van der Waals surface area contributed by atoms with Gasteiger partial charge in [0.05, 0.1) is 13.1 Å². The van der Waals surface area contributed by atoms with E-state index in [1.54, 1.807) is 0 Å². The number of quaternary nitrogens is 1. The first-order chi connectivity index (χ1) is 8.83. The number of ether oxygens (including phenoxy) is 1. The molecule has 1 aromatic carbocycles. The summed E-state index contributed by atoms with van der Waals surface area (Å²) >= 11 is 0. The van der Waals surface area contributed by atoms with Gasteiger partial charge in [-0.1, -0.05) is 0 Å². The molecule has 1 unspecified atom stereocenters. The average molecular weight is 280 g/mol. The van der Waals surface area contributed by atoms with E-state index in [1.807, 2.05) is 0 Å². The topological polar surface area (TPSA) is 44.3 Å². The van der Waals surface area contributed by atoms with Crippen molar-refractivity contribution in [1.82, 2.24) is 9.96 Å². The van der Waals surface area contributed by atoms with Crippen LogP contribution in [0.1, 0.15) is 0 Å². The molecule has 0 saturated carbocycles. The fourth-order valence-electron chi connectivity index (χ4n) is 1.81. The molecule has 1 aliphatic rings. The molecule has 4 nitrogen and oxygen atoms in total. The maximum Gasteiger partial charge on any atom is 0.461 e. The van der Waals surface area contributed by atoms with Crippen LogP contribution in [0.15, 0.2) is 24.3 Å². The van der Waals surface area contributed by atoms with E-state index in [9.17, 15) is 22.8 Å². The maximum atomic E-state index is 12.7. The third-order valence-electron chi connectivity index (χ3n) is 2.83. The molecule has 19 heavy (non-hydrogen) atoms. The Bertz CT molecular complexity index is 433. The highest BCUT2D eigenvalue weighted by Crippen LogP contribution is 2.30. The van der Waals surface area contributed by atoms with Crippen molar-refractivity contribution in [3.05, 3.63) is 29.5 Å². The summed E-state index contributed by atoms with van der Waals surface area (Å²) in [6.45, 7) is 1.08. The molecule has 1 fully saturated rings. The third kappa shape index (κ3) is 2.96. The second kappa shape index (κ2) is 4.95. The average Bonchev–Trinajstić information content (AvgIpc) is 2.77. The summed E-state index contributed by atoms with van der Waals surface area (Å²) in [5.41, 5.74) is 0.359. The molecule has 2 rings (SSSR count). The van der Waals surface area contributed by atoms with Gasteiger partial charge in [0.1, 0.15) is 18.1 Å². The van der Waals surface area contributed by atoms with Crippen molar-refractivity contribution in [2.75, 3.05) is 19.8 Å². The van der Waals surface area contributed by atoms with Crippen LogP contribution in [0.5, 0.6) is 5.75 Å². The summed E-state index contributed by atoms with van der Waals surface area (Å²) in [5.74, 6) is -0.409. The highest BCUT2D eigenvalue weighted by atomic mass is 19.3. The van der Waals surface area contributed by atoms with Crippen LogP contribution in [0.2, 0.25) is 0 Å². The van der Waals surface area contributed by atoms with Crippen LogP contribution < -0.4 is 14.7 Å². The van der Waals surface area contributed by atoms with Crippen LogP contribution in [0.25, 0.3) is 0 Å². The molecule has 0 bridgehead atoms. The van der Waals surface area contributed by atoms with E-state index in [2.05, 4.69) is 10.1 Å². The Morgan fingerprint density at radius 1 is 1.26 bits per heavy atom. The molecule has 0 aliphatic carbocycles. The normalized spacial score (nSPS) is 23.9. The van der Waals surface area contributed by atoms with Gasteiger partial charge in [0.15, 0.2) is 0 Å². The number of hydroxylamine groups is 2. The number of hydrogen-bond donors (Lipinski definition) is 1. The molecule has 1 aromatic rings. The first-order valence-corrected chi connectivity index (χ1v) is 5.58. The van der Waals surface area contributed by atoms with Crippen molar-refractivity contribution < 1.29 is 22.3 Å². The number of hydrogen-bond acceptors (Lipinski definition) is 3. The quantitative estimate of drug-likeness (QED) is 0.523. The van der Waals surface area contributed by atoms with E-state index in [0.717, 1.165) is 12.1 Å². The first kappa shape index (κ1) is 14.0. The van der Waals surface area contributed by atoms with Crippen LogP contribution >= 0.6 is 0 Å². The van der Waals surface area contributed by atoms with Gasteiger partial charge in [0, 0.05) is 12.1 Å². The second-order valence-corrected chi connectivity index (χ2v) is 4.23. The summed E-state index contributed by atoms with van der Waals surface area (Å²) in [4.78, 5) is 0. The Kier molecular flexibility index (Phi) is 3.66. The van der Waals surface area contributed by atoms with Crippen molar-refractivity contribution in [3.8, 4) is 5.75 Å². The third-order valence-corrected chi connectivity index (χ3v) is 2.83. The minimum Gasteiger partial charge on any atom is -0.626 e. The highest BCUT2D eigenvalue weighted by molar-refractivity contribution is 5.47. The number of benzene rings is 1. The number of alkyl halides is 4. The second-order valence-electron chi connectivity index (χ2n) is 4.23. The van der Waals surface area contributed by atoms with E-state index in [4.69, 9.17) is 0 Å². The van der Waals surface area contributed by atoms with Crippen molar-refractivity contribution in [2.24, 2.45) is 0 Å². The summed E-state index contributed by atoms with van der Waals surface area (Å²) in [7, 11) is 0. The lowest BCUT2D eigenvalue weighted by molar-refractivity contribution is -0.253. The fourth-order valence-corrected chi connectivity index (χ4v) is 1.81. The van der Waals surface area contributed by atoms with Crippen molar-refractivity contribution in [2.45, 2.75) is 12.5 Å². The molecule has 8 heteroatoms. The molecule has 0 amide bonds. The predicted octanol–water partition coefficient (Wildman–Crippen LogP) is 2.29. The molecule has 1 atom stereocenters. The van der Waals surface area contributed by atoms with Crippen LogP contribution in [0, 0.1) is 5.21 Å². The minimum absolute atomic E-state index is 0.188. The van der Waals surface area contributed by atoms with Gasteiger partial charge < -0.3 is 14.6 Å². The van der Waals surface area contributed by atoms with Gasteiger partial charge >= 0.3 is 12.5 Å². The molecule has 0 spiro atoms. The molecular weight excluding hydrogens is 268 g/mol. The van der Waals surface area contributed by atoms with E-state index >= 15 is 0 Å². The highest BCUT2D eigenvalue weighted by Gasteiger charge is 2.44. The summed E-state index contributed by atoms with van der Waals surface area (Å²) < 4.78 is 52.5. The van der Waals surface area contributed by atoms with Crippen LogP contribution in [-0.2, 0) is 0 Å². The Morgan fingerprint density at radius 2 is 1.89 bits per heavy atom. The SMILES string of the molecule is [O-][N+]1(c2ccc(OC(F)(F)C(F)F)cc2)CCNC1. The van der Waals surface area contributed by atoms with Gasteiger partial charge in [0.2, 0.25) is 0 Å². The van der Waals surface area contributed by atoms with E-state index in [-0.39, 0.29) is 6.67 Å². The Balaban J connectivity index is 2.11. The summed E-state index contributed by atoms with van der Waals surface area (Å²) in [6.07, 6.45) is -8.45. The van der Waals surface area contributed by atoms with Crippen molar-refractivity contribution >= 4 is 5.69 Å². The zero-order valence-corrected chi connectivity index (χ0v) is 9.78. The zero-order valence-electron chi connectivity index (χ0n) is 9.78. The van der Waals surface area contributed by atoms with Gasteiger partial charge in [-0.05, 0) is 12.1 Å². The molecular formula is C11H12F4N2O2. The monoisotopic (exact) mass is 280 g/mol. The predicted molar refractivity (Wildman–Crippen MR) is 60.9 cm³/mol. The van der Waals surface area contributed by atoms with E-state index in [1.165, 1.54) is 12.1 Å². The number of nitrogens with zero attached hydrogens (tertiary/aromatic N) is 1. The molecule has 106 valence electrons. The molecule has 0 radical (unpaired) electrons. The fraction of sp³-hybridized carbons (Fsp3) is 0.455. The number of nitrogens with one attached hydrogen (secondary N) is 1. The van der Waals surface area contributed by atoms with Crippen LogP contribution in [0.4, 0.5) is 23.2 Å². The van der Waals surface area contributed by atoms with Gasteiger partial charge in [0.25, 0.3) is 0 Å². The summed E-state index contributed by atoms with van der Waals surface area (Å²) in [5, 5.41) is 15.1. The minimum atomic E-state index is -4.54. The van der Waals surface area contributed by atoms with Crippen LogP contribution in [-0.4, -0.2) is 32.3 Å². The lowest BCUT2D eigenvalue weighted by atomic mass is 10.2. The lowest BCUT2D eigenvalue weighted by Gasteiger charge is -2.36. The maximum absolute atomic E-state index is 12.7. The van der Waals surface area contributed by atoms with Gasteiger partial charge in [-0.25, -0.2) is 0 Å². The zero-order chi connectivity index (χ0) is 14.1. The number of halogens is 4. The van der Waals surface area contributed by atoms with Gasteiger partial charge in [-0.15, -0.1) is 0 Å².